The Bertz CT molecular complexity index is 6690. The van der Waals surface area contributed by atoms with Crippen LogP contribution in [0.25, 0.3) is 144 Å². The van der Waals surface area contributed by atoms with Crippen LogP contribution in [0.5, 0.6) is 0 Å². The molecule has 582 valence electrons. The molecule has 0 atom stereocenters. The summed E-state index contributed by atoms with van der Waals surface area (Å²) in [5.41, 5.74) is 31.9. The first-order valence-electron chi connectivity index (χ1n) is 44.5. The van der Waals surface area contributed by atoms with E-state index in [1.165, 1.54) is 0 Å². The average molecular weight is 1560 g/mol. The first kappa shape index (κ1) is 70.1. The van der Waals surface area contributed by atoms with E-state index in [9.17, 15) is 5.48 Å². The first-order valence-corrected chi connectivity index (χ1v) is 42.5. The maximum absolute atomic E-state index is 10.4. The molecule has 2 aliphatic rings. The van der Waals surface area contributed by atoms with Crippen LogP contribution in [0.1, 0.15) is 84.5 Å². The second kappa shape index (κ2) is 29.5. The lowest BCUT2D eigenvalue weighted by Gasteiger charge is -2.46. The molecule has 2 aliphatic heterocycles. The number of aromatic nitrogens is 2. The third-order valence-electron chi connectivity index (χ3n) is 24.4. The number of rotatable bonds is 14. The number of benzene rings is 17. The Hall–Kier alpha value is -14.0. The molecule has 0 radical (unpaired) electrons. The highest BCUT2D eigenvalue weighted by molar-refractivity contribution is 7.00. The van der Waals surface area contributed by atoms with Gasteiger partial charge in [-0.1, -0.05) is 341 Å². The van der Waals surface area contributed by atoms with Gasteiger partial charge in [-0.3, -0.25) is 0 Å². The van der Waals surface area contributed by atoms with Gasteiger partial charge >= 0.3 is 0 Å². The van der Waals surface area contributed by atoms with E-state index in [2.05, 4.69) is 428 Å². The van der Waals surface area contributed by atoms with Crippen molar-refractivity contribution in [3.05, 3.63) is 405 Å². The largest absolute Gasteiger partial charge is 0.310 e. The van der Waals surface area contributed by atoms with Gasteiger partial charge in [-0.25, -0.2) is 0 Å². The monoisotopic (exact) mass is 1560 g/mol. The Morgan fingerprint density at radius 1 is 0.248 bits per heavy atom. The summed E-state index contributed by atoms with van der Waals surface area (Å²) in [6.45, 7) is 18.6. The fraction of sp³-hybridized carbons (Fsp3) is 0.121. The molecule has 2 aromatic heterocycles. The molecule has 0 N–H and O–H groups in total. The molecule has 5 heteroatoms. The number of hydrogen-bond acceptors (Lipinski definition) is 2. The molecule has 21 rings (SSSR count). The van der Waals surface area contributed by atoms with Crippen molar-refractivity contribution in [2.24, 2.45) is 10.8 Å². The Morgan fingerprint density at radius 3 is 0.752 bits per heavy atom. The normalized spacial score (nSPS) is 13.4. The predicted octanol–water partition coefficient (Wildman–Crippen LogP) is 29.8. The van der Waals surface area contributed by atoms with E-state index < -0.39 is 35.7 Å². The van der Waals surface area contributed by atoms with Gasteiger partial charge in [-0.05, 0) is 238 Å². The summed E-state index contributed by atoms with van der Waals surface area (Å²) in [7, 11) is 0. The standard InChI is InChI=1S/C116H95BN4/c1-114(2,3)74-76-62-93(82-42-26-14-27-43-82)112(94(63-76)83-44-28-15-29-45-83)120-107-72-91(118-103-58-50-86(78-34-18-10-19-35-78)66-97(103)98-67-87(51-59-104(98)118)79-36-20-11-21-37-79)54-56-101(107)117-102-57-55-92(119-105-60-52-88(80-38-22-12-23-39-80)68-99(105)100-69-89(53-61-106(100)119)81-40-24-13-25-41-81)73-108(102)121(110-71-90(116(7,8)9)70-109(120)111(110)117)113-95(84-46-30-16-31-47-84)64-77(75-115(4,5)6)65-96(113)85-48-32-17-33-49-85/h10-73H,74-75H2,1-9H3/i74D2,75D2. The molecular formula is C116H95BN4. The van der Waals surface area contributed by atoms with Crippen LogP contribution in [0.3, 0.4) is 0 Å². The van der Waals surface area contributed by atoms with Gasteiger partial charge in [0.2, 0.25) is 0 Å². The van der Waals surface area contributed by atoms with Crippen LogP contribution < -0.4 is 26.2 Å². The summed E-state index contributed by atoms with van der Waals surface area (Å²) in [6, 6.07) is 142. The number of anilines is 6. The van der Waals surface area contributed by atoms with Gasteiger partial charge in [0.05, 0.1) is 33.4 Å². The van der Waals surface area contributed by atoms with Crippen molar-refractivity contribution in [3.8, 4) is 100 Å². The molecule has 0 aliphatic carbocycles. The summed E-state index contributed by atoms with van der Waals surface area (Å²) in [5, 5.41) is 4.56. The number of fused-ring (bicyclic) bond motifs is 10. The van der Waals surface area contributed by atoms with Gasteiger partial charge in [-0.15, -0.1) is 0 Å². The number of nitrogens with zero attached hydrogens (tertiary/aromatic N) is 4. The van der Waals surface area contributed by atoms with Crippen molar-refractivity contribution >= 4 is 101 Å². The maximum Gasteiger partial charge on any atom is 0.252 e. The third-order valence-corrected chi connectivity index (χ3v) is 24.4. The van der Waals surface area contributed by atoms with Crippen LogP contribution >= 0.6 is 0 Å². The van der Waals surface area contributed by atoms with Crippen molar-refractivity contribution in [3.63, 3.8) is 0 Å². The van der Waals surface area contributed by atoms with Crippen molar-refractivity contribution in [1.29, 1.82) is 0 Å². The second-order valence-corrected chi connectivity index (χ2v) is 35.9. The molecule has 0 bridgehead atoms. The smallest absolute Gasteiger partial charge is 0.252 e. The number of hydrogen-bond donors (Lipinski definition) is 0. The molecule has 4 heterocycles. The average Bonchev–Trinajstić information content (AvgIpc) is 1.51. The van der Waals surface area contributed by atoms with Gasteiger partial charge < -0.3 is 18.9 Å². The third kappa shape index (κ3) is 13.4. The summed E-state index contributed by atoms with van der Waals surface area (Å²) in [4.78, 5) is 5.19. The predicted molar refractivity (Wildman–Crippen MR) is 518 cm³/mol. The minimum Gasteiger partial charge on any atom is -0.310 e. The van der Waals surface area contributed by atoms with Crippen LogP contribution in [-0.2, 0) is 18.2 Å². The van der Waals surface area contributed by atoms with E-state index in [0.717, 1.165) is 200 Å². The molecule has 0 spiro atoms. The molecule has 4 nitrogen and oxygen atoms in total. The molecular weight excluding hydrogens is 1460 g/mol. The Balaban J connectivity index is 0.930. The summed E-state index contributed by atoms with van der Waals surface area (Å²) < 4.78 is 46.5. The summed E-state index contributed by atoms with van der Waals surface area (Å²) >= 11 is 0. The lowest BCUT2D eigenvalue weighted by molar-refractivity contribution is 0.411. The van der Waals surface area contributed by atoms with E-state index in [1.54, 1.807) is 0 Å². The van der Waals surface area contributed by atoms with Gasteiger partial charge in [0.25, 0.3) is 6.71 Å². The topological polar surface area (TPSA) is 16.3 Å². The lowest BCUT2D eigenvalue weighted by Crippen LogP contribution is -2.61. The fourth-order valence-electron chi connectivity index (χ4n) is 19.1. The van der Waals surface area contributed by atoms with Crippen LogP contribution in [0.2, 0.25) is 0 Å². The van der Waals surface area contributed by atoms with E-state index in [-0.39, 0.29) is 0 Å². The van der Waals surface area contributed by atoms with Crippen LogP contribution in [0, 0.1) is 10.8 Å². The van der Waals surface area contributed by atoms with Crippen molar-refractivity contribution in [1.82, 2.24) is 9.13 Å². The van der Waals surface area contributed by atoms with Crippen molar-refractivity contribution in [2.75, 3.05) is 9.80 Å². The van der Waals surface area contributed by atoms with E-state index in [1.807, 2.05) is 41.5 Å². The molecule has 0 amide bonds. The maximum atomic E-state index is 10.4. The zero-order valence-corrected chi connectivity index (χ0v) is 69.8. The molecule has 0 unspecified atom stereocenters. The van der Waals surface area contributed by atoms with Crippen molar-refractivity contribution < 1.29 is 5.48 Å². The Kier molecular flexibility index (Phi) is 17.1. The molecule has 17 aromatic carbocycles. The highest BCUT2D eigenvalue weighted by Crippen LogP contribution is 2.56. The molecule has 0 saturated heterocycles. The zero-order valence-electron chi connectivity index (χ0n) is 73.8. The summed E-state index contributed by atoms with van der Waals surface area (Å²) in [6.07, 6.45) is -3.63. The summed E-state index contributed by atoms with van der Waals surface area (Å²) in [5.74, 6) is 0. The van der Waals surface area contributed by atoms with Crippen LogP contribution in [0.4, 0.5) is 34.1 Å². The van der Waals surface area contributed by atoms with Gasteiger partial charge in [-0.2, -0.15) is 0 Å². The fourth-order valence-corrected chi connectivity index (χ4v) is 19.1. The van der Waals surface area contributed by atoms with Gasteiger partial charge in [0, 0.05) is 83.4 Å². The van der Waals surface area contributed by atoms with Gasteiger partial charge in [0.15, 0.2) is 0 Å². The molecule has 0 fully saturated rings. The Labute approximate surface area is 717 Å². The van der Waals surface area contributed by atoms with Crippen LogP contribution in [-0.4, -0.2) is 15.8 Å². The van der Waals surface area contributed by atoms with Crippen molar-refractivity contribution in [2.45, 2.75) is 80.5 Å². The minimum atomic E-state index is -1.81. The lowest BCUT2D eigenvalue weighted by atomic mass is 9.33. The Morgan fingerprint density at radius 2 is 0.504 bits per heavy atom. The minimum absolute atomic E-state index is 0.432. The molecule has 19 aromatic rings. The first-order chi connectivity index (χ1) is 60.4. The molecule has 0 saturated carbocycles. The SMILES string of the molecule is [2H]C([2H])(c1cc(-c2ccccc2)c(N2c3cc(-n4c5ccc(-c6ccccc6)cc5c5cc(-c6ccccc6)ccc54)ccc3B3c4ccc(-n5c6ccc(-c7ccccc7)cc6c6cc(-c7ccccc7)ccc65)cc4N(c4c(-c5ccccc5)cc(C([2H])([2H])C(C)(C)C)cc4-c4ccccc4)c4cc(C(C)(C)C)cc2c43)c(-c2ccccc2)c1)C(C)(C)C. The van der Waals surface area contributed by atoms with Gasteiger partial charge in [0.1, 0.15) is 0 Å². The van der Waals surface area contributed by atoms with Crippen LogP contribution in [0.15, 0.2) is 388 Å². The zero-order chi connectivity index (χ0) is 85.6. The highest BCUT2D eigenvalue weighted by atomic mass is 15.2. The second-order valence-electron chi connectivity index (χ2n) is 35.9. The van der Waals surface area contributed by atoms with E-state index >= 15 is 0 Å². The molecule has 121 heavy (non-hydrogen) atoms. The van der Waals surface area contributed by atoms with E-state index in [0.29, 0.717) is 11.1 Å². The van der Waals surface area contributed by atoms with E-state index in [4.69, 9.17) is 0 Å². The quantitative estimate of drug-likeness (QED) is 0.101. The highest BCUT2D eigenvalue weighted by Gasteiger charge is 2.47.